The Balaban J connectivity index is 2.98. The van der Waals surface area contributed by atoms with Gasteiger partial charge in [-0.15, -0.1) is 0 Å². The lowest BCUT2D eigenvalue weighted by atomic mass is 10.3. The summed E-state index contributed by atoms with van der Waals surface area (Å²) < 4.78 is 26.7. The fraction of sp³-hybridized carbons (Fsp3) is 0.455. The third-order valence-corrected chi connectivity index (χ3v) is 4.85. The van der Waals surface area contributed by atoms with Gasteiger partial charge in [0.1, 0.15) is 5.69 Å². The van der Waals surface area contributed by atoms with E-state index in [-0.39, 0.29) is 16.6 Å². The molecule has 0 aliphatic rings. The van der Waals surface area contributed by atoms with E-state index in [0.717, 1.165) is 11.8 Å². The number of nitro benzene ring substituents is 1. The van der Waals surface area contributed by atoms with E-state index in [1.54, 1.807) is 18.7 Å². The van der Waals surface area contributed by atoms with Gasteiger partial charge in [-0.1, -0.05) is 0 Å². The number of nitrogens with two attached hydrogens (primary N) is 1. The molecule has 0 aliphatic heterocycles. The summed E-state index contributed by atoms with van der Waals surface area (Å²) in [6, 6.07) is 3.20. The third-order valence-electron chi connectivity index (χ3n) is 2.62. The second-order valence-corrected chi connectivity index (χ2v) is 6.98. The van der Waals surface area contributed by atoms with Gasteiger partial charge in [0.2, 0.25) is 10.0 Å². The summed E-state index contributed by atoms with van der Waals surface area (Å²) >= 11 is 1.62. The fourth-order valence-electron chi connectivity index (χ4n) is 1.54. The topological polar surface area (TPSA) is 115 Å². The van der Waals surface area contributed by atoms with Crippen LogP contribution in [-0.4, -0.2) is 31.4 Å². The molecule has 9 heteroatoms. The lowest BCUT2D eigenvalue weighted by molar-refractivity contribution is -0.384. The van der Waals surface area contributed by atoms with Gasteiger partial charge in [-0.2, -0.15) is 11.8 Å². The van der Waals surface area contributed by atoms with Gasteiger partial charge in [0.15, 0.2) is 0 Å². The number of anilines is 1. The van der Waals surface area contributed by atoms with Gasteiger partial charge in [-0.05, 0) is 37.5 Å². The van der Waals surface area contributed by atoms with E-state index in [2.05, 4.69) is 4.72 Å². The molecule has 7 nitrogen and oxygen atoms in total. The number of rotatable bonds is 7. The van der Waals surface area contributed by atoms with E-state index >= 15 is 0 Å². The van der Waals surface area contributed by atoms with Crippen molar-refractivity contribution in [3.63, 3.8) is 0 Å². The number of nitrogens with one attached hydrogen (secondary N) is 1. The summed E-state index contributed by atoms with van der Waals surface area (Å²) in [5, 5.41) is 10.8. The number of sulfonamides is 1. The molecular formula is C11H17N3O4S2. The molecule has 0 aromatic heterocycles. The molecule has 0 saturated heterocycles. The molecule has 1 unspecified atom stereocenters. The molecule has 112 valence electrons. The zero-order chi connectivity index (χ0) is 15.3. The van der Waals surface area contributed by atoms with Gasteiger partial charge in [0.05, 0.1) is 9.82 Å². The maximum atomic E-state index is 12.1. The van der Waals surface area contributed by atoms with Crippen molar-refractivity contribution in [2.24, 2.45) is 0 Å². The smallest absolute Gasteiger partial charge is 0.293 e. The zero-order valence-corrected chi connectivity index (χ0v) is 12.8. The third kappa shape index (κ3) is 4.36. The van der Waals surface area contributed by atoms with Crippen molar-refractivity contribution < 1.29 is 13.3 Å². The molecular weight excluding hydrogens is 302 g/mol. The number of thioether (sulfide) groups is 1. The summed E-state index contributed by atoms with van der Waals surface area (Å²) in [6.07, 6.45) is 2.61. The average Bonchev–Trinajstić information content (AvgIpc) is 2.35. The minimum atomic E-state index is -3.78. The van der Waals surface area contributed by atoms with Crippen LogP contribution in [0.15, 0.2) is 23.1 Å². The first-order valence-corrected chi connectivity index (χ1v) is 8.71. The molecule has 1 atom stereocenters. The minimum absolute atomic E-state index is 0.0654. The maximum Gasteiger partial charge on any atom is 0.293 e. The molecule has 3 N–H and O–H groups in total. The van der Waals surface area contributed by atoms with Gasteiger partial charge < -0.3 is 5.73 Å². The van der Waals surface area contributed by atoms with Gasteiger partial charge in [0.25, 0.3) is 5.69 Å². The first kappa shape index (κ1) is 16.7. The van der Waals surface area contributed by atoms with Crippen LogP contribution in [0.3, 0.4) is 0 Å². The predicted molar refractivity (Wildman–Crippen MR) is 80.3 cm³/mol. The Morgan fingerprint density at radius 2 is 2.15 bits per heavy atom. The molecule has 0 heterocycles. The molecule has 0 spiro atoms. The molecule has 0 saturated carbocycles. The lowest BCUT2D eigenvalue weighted by Gasteiger charge is -2.13. The first-order valence-electron chi connectivity index (χ1n) is 5.83. The van der Waals surface area contributed by atoms with Crippen LogP contribution in [0.25, 0.3) is 0 Å². The Morgan fingerprint density at radius 3 is 2.70 bits per heavy atom. The van der Waals surface area contributed by atoms with Crippen LogP contribution in [-0.2, 0) is 10.0 Å². The van der Waals surface area contributed by atoms with Gasteiger partial charge in [-0.3, -0.25) is 10.1 Å². The summed E-state index contributed by atoms with van der Waals surface area (Å²) in [4.78, 5) is 9.91. The first-order chi connectivity index (χ1) is 9.27. The van der Waals surface area contributed by atoms with Crippen molar-refractivity contribution in [1.29, 1.82) is 0 Å². The van der Waals surface area contributed by atoms with E-state index in [4.69, 9.17) is 5.73 Å². The number of nitrogen functional groups attached to an aromatic ring is 1. The van der Waals surface area contributed by atoms with E-state index in [1.807, 2.05) is 6.26 Å². The fourth-order valence-corrected chi connectivity index (χ4v) is 3.42. The number of hydrogen-bond acceptors (Lipinski definition) is 6. The van der Waals surface area contributed by atoms with Gasteiger partial charge >= 0.3 is 0 Å². The molecule has 1 aromatic rings. The van der Waals surface area contributed by atoms with Crippen LogP contribution in [0, 0.1) is 10.1 Å². The molecule has 0 radical (unpaired) electrons. The highest BCUT2D eigenvalue weighted by Gasteiger charge is 2.21. The second-order valence-electron chi connectivity index (χ2n) is 4.28. The van der Waals surface area contributed by atoms with E-state index in [9.17, 15) is 18.5 Å². The summed E-state index contributed by atoms with van der Waals surface area (Å²) in [5.74, 6) is 0.825. The van der Waals surface area contributed by atoms with E-state index in [0.29, 0.717) is 6.42 Å². The SMILES string of the molecule is CSCCC(C)NS(=O)(=O)c1ccc(N)c([N+](=O)[O-])c1. The number of nitrogens with zero attached hydrogens (tertiary/aromatic N) is 1. The normalized spacial score (nSPS) is 13.1. The van der Waals surface area contributed by atoms with Crippen molar-refractivity contribution in [2.75, 3.05) is 17.7 Å². The molecule has 20 heavy (non-hydrogen) atoms. The Morgan fingerprint density at radius 1 is 1.50 bits per heavy atom. The number of nitro groups is 1. The number of benzene rings is 1. The molecule has 1 rings (SSSR count). The van der Waals surface area contributed by atoms with Crippen molar-refractivity contribution in [3.8, 4) is 0 Å². The predicted octanol–water partition coefficient (Wildman–Crippen LogP) is 1.60. The maximum absolute atomic E-state index is 12.1. The summed E-state index contributed by atoms with van der Waals surface area (Å²) in [5.41, 5.74) is 4.96. The Labute approximate surface area is 122 Å². The van der Waals surface area contributed by atoms with E-state index < -0.39 is 20.6 Å². The highest BCUT2D eigenvalue weighted by atomic mass is 32.2. The monoisotopic (exact) mass is 319 g/mol. The number of hydrogen-bond donors (Lipinski definition) is 2. The summed E-state index contributed by atoms with van der Waals surface area (Å²) in [7, 11) is -3.78. The molecule has 0 amide bonds. The van der Waals surface area contributed by atoms with Crippen molar-refractivity contribution >= 4 is 33.2 Å². The Bertz CT molecular complexity index is 589. The largest absolute Gasteiger partial charge is 0.393 e. The molecule has 0 aliphatic carbocycles. The molecule has 0 bridgehead atoms. The zero-order valence-electron chi connectivity index (χ0n) is 11.2. The summed E-state index contributed by atoms with van der Waals surface area (Å²) in [6.45, 7) is 1.75. The van der Waals surface area contributed by atoms with Crippen LogP contribution >= 0.6 is 11.8 Å². The van der Waals surface area contributed by atoms with Gasteiger partial charge in [0, 0.05) is 12.1 Å². The van der Waals surface area contributed by atoms with Crippen LogP contribution < -0.4 is 10.5 Å². The standard InChI is InChI=1S/C11H17N3O4S2/c1-8(5-6-19-2)13-20(17,18)9-3-4-10(12)11(7-9)14(15)16/h3-4,7-8,13H,5-6,12H2,1-2H3. The van der Waals surface area contributed by atoms with Crippen LogP contribution in [0.2, 0.25) is 0 Å². The minimum Gasteiger partial charge on any atom is -0.393 e. The van der Waals surface area contributed by atoms with Crippen LogP contribution in [0.4, 0.5) is 11.4 Å². The molecule has 0 fully saturated rings. The van der Waals surface area contributed by atoms with Crippen LogP contribution in [0.1, 0.15) is 13.3 Å². The Kier molecular flexibility index (Phi) is 5.78. The quantitative estimate of drug-likeness (QED) is 0.448. The van der Waals surface area contributed by atoms with E-state index in [1.165, 1.54) is 12.1 Å². The molecule has 1 aromatic carbocycles. The van der Waals surface area contributed by atoms with Crippen molar-refractivity contribution in [3.05, 3.63) is 28.3 Å². The second kappa shape index (κ2) is 6.91. The van der Waals surface area contributed by atoms with Crippen molar-refractivity contribution in [2.45, 2.75) is 24.3 Å². The van der Waals surface area contributed by atoms with Crippen molar-refractivity contribution in [1.82, 2.24) is 4.72 Å². The van der Waals surface area contributed by atoms with Crippen LogP contribution in [0.5, 0.6) is 0 Å². The van der Waals surface area contributed by atoms with Gasteiger partial charge in [-0.25, -0.2) is 13.1 Å². The Hall–Kier alpha value is -1.32. The lowest BCUT2D eigenvalue weighted by Crippen LogP contribution is -2.33. The highest BCUT2D eigenvalue weighted by molar-refractivity contribution is 7.98. The average molecular weight is 319 g/mol. The highest BCUT2D eigenvalue weighted by Crippen LogP contribution is 2.24.